The third kappa shape index (κ3) is 2.10. The Morgan fingerprint density at radius 1 is 1.25 bits per heavy atom. The second-order valence-corrected chi connectivity index (χ2v) is 3.62. The van der Waals surface area contributed by atoms with Gasteiger partial charge in [-0.1, -0.05) is 26.3 Å². The Hall–Kier alpha value is -0.300. The van der Waals surface area contributed by atoms with Gasteiger partial charge in [-0.15, -0.1) is 6.58 Å². The second-order valence-electron chi connectivity index (χ2n) is 3.62. The molecular weight excluding hydrogens is 146 g/mol. The Morgan fingerprint density at radius 3 is 2.42 bits per heavy atom. The van der Waals surface area contributed by atoms with E-state index in [1.165, 1.54) is 32.2 Å². The summed E-state index contributed by atoms with van der Waals surface area (Å²) in [7, 11) is 0. The molecule has 1 heteroatoms. The lowest BCUT2D eigenvalue weighted by atomic mass is 10.1. The van der Waals surface area contributed by atoms with Gasteiger partial charge in [0.05, 0.1) is 0 Å². The van der Waals surface area contributed by atoms with Gasteiger partial charge in [-0.25, -0.2) is 0 Å². The van der Waals surface area contributed by atoms with E-state index in [9.17, 15) is 0 Å². The molecule has 1 nitrogen and oxygen atoms in total. The average Bonchev–Trinajstić information content (AvgIpc) is 2.75. The van der Waals surface area contributed by atoms with E-state index in [0.717, 1.165) is 12.1 Å². The summed E-state index contributed by atoms with van der Waals surface area (Å²) in [5.74, 6) is 0. The quantitative estimate of drug-likeness (QED) is 0.434. The van der Waals surface area contributed by atoms with E-state index in [1.54, 1.807) is 0 Å². The van der Waals surface area contributed by atoms with Crippen molar-refractivity contribution in [3.63, 3.8) is 0 Å². The molecule has 0 aromatic rings. The lowest BCUT2D eigenvalue weighted by molar-refractivity contribution is 0.485. The summed E-state index contributed by atoms with van der Waals surface area (Å²) in [6.45, 7) is 9.53. The third-order valence-corrected chi connectivity index (χ3v) is 2.82. The predicted octanol–water partition coefficient (Wildman–Crippen LogP) is 2.83. The van der Waals surface area contributed by atoms with Crippen molar-refractivity contribution in [1.82, 2.24) is 4.90 Å². The van der Waals surface area contributed by atoms with E-state index in [0.29, 0.717) is 0 Å². The van der Waals surface area contributed by atoms with Gasteiger partial charge in [0.2, 0.25) is 0 Å². The Balaban J connectivity index is 2.21. The number of nitrogens with zero attached hydrogens (tertiary/aromatic N) is 1. The fourth-order valence-electron chi connectivity index (χ4n) is 2.16. The van der Waals surface area contributed by atoms with Crippen LogP contribution in [-0.2, 0) is 0 Å². The van der Waals surface area contributed by atoms with Crippen molar-refractivity contribution in [2.45, 2.75) is 51.6 Å². The molecule has 0 saturated carbocycles. The molecule has 0 spiro atoms. The third-order valence-electron chi connectivity index (χ3n) is 2.82. The lowest BCUT2D eigenvalue weighted by Crippen LogP contribution is -2.00. The molecule has 1 fully saturated rings. The summed E-state index contributed by atoms with van der Waals surface area (Å²) in [6.07, 6.45) is 7.25. The highest BCUT2D eigenvalue weighted by Crippen LogP contribution is 2.34. The molecule has 1 aliphatic heterocycles. The van der Waals surface area contributed by atoms with Crippen molar-refractivity contribution in [3.05, 3.63) is 12.7 Å². The maximum atomic E-state index is 3.76. The summed E-state index contributed by atoms with van der Waals surface area (Å²) in [5.41, 5.74) is 0. The Kier molecular flexibility index (Phi) is 3.80. The number of allylic oxidation sites excluding steroid dienone is 1. The van der Waals surface area contributed by atoms with Crippen LogP contribution < -0.4 is 0 Å². The van der Waals surface area contributed by atoms with E-state index in [1.807, 2.05) is 6.08 Å². The highest BCUT2D eigenvalue weighted by molar-refractivity contribution is 5.01. The second kappa shape index (κ2) is 4.66. The van der Waals surface area contributed by atoms with E-state index in [-0.39, 0.29) is 0 Å². The van der Waals surface area contributed by atoms with Gasteiger partial charge in [-0.3, -0.25) is 4.90 Å². The molecular formula is C11H21N. The predicted molar refractivity (Wildman–Crippen MR) is 54.3 cm³/mol. The van der Waals surface area contributed by atoms with Gasteiger partial charge in [0, 0.05) is 12.1 Å². The van der Waals surface area contributed by atoms with Crippen molar-refractivity contribution in [2.75, 3.05) is 6.54 Å². The number of rotatable bonds is 6. The molecule has 0 aromatic heterocycles. The zero-order valence-corrected chi connectivity index (χ0v) is 8.42. The van der Waals surface area contributed by atoms with Gasteiger partial charge in [0.1, 0.15) is 0 Å². The molecule has 1 heterocycles. The average molecular weight is 167 g/mol. The molecule has 1 unspecified atom stereocenters. The molecule has 3 atom stereocenters. The van der Waals surface area contributed by atoms with Gasteiger partial charge in [0.15, 0.2) is 0 Å². The largest absolute Gasteiger partial charge is 0.295 e. The van der Waals surface area contributed by atoms with Crippen LogP contribution in [-0.4, -0.2) is 23.5 Å². The molecule has 12 heavy (non-hydrogen) atoms. The molecule has 0 radical (unpaired) electrons. The highest BCUT2D eigenvalue weighted by Gasteiger charge is 2.43. The molecule has 1 rings (SSSR count). The minimum absolute atomic E-state index is 0.882. The van der Waals surface area contributed by atoms with Crippen molar-refractivity contribution < 1.29 is 0 Å². The first kappa shape index (κ1) is 9.79. The summed E-state index contributed by atoms with van der Waals surface area (Å²) < 4.78 is 0. The van der Waals surface area contributed by atoms with Crippen molar-refractivity contribution in [2.24, 2.45) is 0 Å². The number of hydrogen-bond acceptors (Lipinski definition) is 1. The first-order valence-corrected chi connectivity index (χ1v) is 5.21. The summed E-state index contributed by atoms with van der Waals surface area (Å²) in [6, 6.07) is 1.79. The SMILES string of the molecule is C=CCC[C@H]1[C@@H](CCC)N1CC. The van der Waals surface area contributed by atoms with Crippen LogP contribution in [0, 0.1) is 0 Å². The Bertz CT molecular complexity index is 142. The van der Waals surface area contributed by atoms with Crippen LogP contribution in [0.5, 0.6) is 0 Å². The molecule has 0 amide bonds. The normalized spacial score (nSPS) is 33.3. The minimum atomic E-state index is 0.882. The van der Waals surface area contributed by atoms with Crippen LogP contribution in [0.3, 0.4) is 0 Å². The van der Waals surface area contributed by atoms with Crippen LogP contribution in [0.25, 0.3) is 0 Å². The maximum absolute atomic E-state index is 3.76. The number of likely N-dealkylation sites (N-methyl/N-ethyl adjacent to an activating group) is 1. The minimum Gasteiger partial charge on any atom is -0.295 e. The smallest absolute Gasteiger partial charge is 0.0258 e. The van der Waals surface area contributed by atoms with Gasteiger partial charge in [-0.2, -0.15) is 0 Å². The van der Waals surface area contributed by atoms with Crippen LogP contribution in [0.4, 0.5) is 0 Å². The summed E-state index contributed by atoms with van der Waals surface area (Å²) in [4.78, 5) is 2.60. The first-order chi connectivity index (χ1) is 5.85. The standard InChI is InChI=1S/C11H21N/c1-4-7-9-11-10(8-5-2)12(11)6-3/h4,10-11H,1,5-9H2,2-3H3/t10-,11+,12?/m1/s1. The maximum Gasteiger partial charge on any atom is 0.0258 e. The molecule has 0 bridgehead atoms. The molecule has 1 saturated heterocycles. The monoisotopic (exact) mass is 167 g/mol. The fourth-order valence-corrected chi connectivity index (χ4v) is 2.16. The molecule has 0 N–H and O–H groups in total. The Morgan fingerprint density at radius 2 is 1.92 bits per heavy atom. The van der Waals surface area contributed by atoms with Gasteiger partial charge in [0.25, 0.3) is 0 Å². The van der Waals surface area contributed by atoms with Crippen LogP contribution in [0.15, 0.2) is 12.7 Å². The van der Waals surface area contributed by atoms with Crippen LogP contribution >= 0.6 is 0 Å². The zero-order valence-electron chi connectivity index (χ0n) is 8.42. The molecule has 0 aliphatic carbocycles. The van der Waals surface area contributed by atoms with Crippen LogP contribution in [0.1, 0.15) is 39.5 Å². The highest BCUT2D eigenvalue weighted by atomic mass is 15.3. The van der Waals surface area contributed by atoms with Gasteiger partial charge in [-0.05, 0) is 25.8 Å². The number of hydrogen-bond donors (Lipinski definition) is 0. The first-order valence-electron chi connectivity index (χ1n) is 5.21. The van der Waals surface area contributed by atoms with E-state index >= 15 is 0 Å². The van der Waals surface area contributed by atoms with Gasteiger partial charge < -0.3 is 0 Å². The zero-order chi connectivity index (χ0) is 8.97. The molecule has 0 aromatic carbocycles. The van der Waals surface area contributed by atoms with Crippen molar-refractivity contribution in [1.29, 1.82) is 0 Å². The van der Waals surface area contributed by atoms with E-state index < -0.39 is 0 Å². The van der Waals surface area contributed by atoms with Crippen molar-refractivity contribution >= 4 is 0 Å². The lowest BCUT2D eigenvalue weighted by Gasteiger charge is -1.95. The molecule has 70 valence electrons. The van der Waals surface area contributed by atoms with E-state index in [2.05, 4.69) is 25.3 Å². The van der Waals surface area contributed by atoms with E-state index in [4.69, 9.17) is 0 Å². The fraction of sp³-hybridized carbons (Fsp3) is 0.818. The topological polar surface area (TPSA) is 3.01 Å². The summed E-state index contributed by atoms with van der Waals surface area (Å²) >= 11 is 0. The Labute approximate surface area is 76.5 Å². The molecule has 1 aliphatic rings. The van der Waals surface area contributed by atoms with Gasteiger partial charge >= 0.3 is 0 Å². The summed E-state index contributed by atoms with van der Waals surface area (Å²) in [5, 5.41) is 0. The van der Waals surface area contributed by atoms with Crippen LogP contribution in [0.2, 0.25) is 0 Å². The van der Waals surface area contributed by atoms with Crippen molar-refractivity contribution in [3.8, 4) is 0 Å².